The lowest BCUT2D eigenvalue weighted by atomic mass is 9.78. The van der Waals surface area contributed by atoms with E-state index in [0.717, 1.165) is 16.3 Å². The molecular weight excluding hydrogens is 232 g/mol. The largest absolute Gasteiger partial charge is 0.482 e. The highest BCUT2D eigenvalue weighted by molar-refractivity contribution is 6.49. The van der Waals surface area contributed by atoms with Crippen LogP contribution in [0.25, 0.3) is 5.03 Å². The average Bonchev–Trinajstić information content (AvgIpc) is 2.28. The maximum Gasteiger partial charge on any atom is 0.133 e. The van der Waals surface area contributed by atoms with Crippen LogP contribution in [0.15, 0.2) is 30.3 Å². The summed E-state index contributed by atoms with van der Waals surface area (Å²) < 4.78 is 6.25. The maximum atomic E-state index is 6.40. The predicted molar refractivity (Wildman–Crippen MR) is 73.3 cm³/mol. The van der Waals surface area contributed by atoms with E-state index in [1.807, 2.05) is 24.3 Å². The second-order valence-electron chi connectivity index (χ2n) is 5.25. The predicted octanol–water partition coefficient (Wildman–Crippen LogP) is 4.71. The van der Waals surface area contributed by atoms with Gasteiger partial charge in [-0.25, -0.2) is 0 Å². The molecule has 0 aromatic heterocycles. The first-order chi connectivity index (χ1) is 7.97. The molecule has 0 saturated heterocycles. The summed E-state index contributed by atoms with van der Waals surface area (Å²) in [5, 5.41) is 0.800. The summed E-state index contributed by atoms with van der Waals surface area (Å²) in [6.45, 7) is 8.70. The summed E-state index contributed by atoms with van der Waals surface area (Å²) in [6, 6.07) is 7.96. The van der Waals surface area contributed by atoms with E-state index in [2.05, 4.69) is 33.8 Å². The lowest BCUT2D eigenvalue weighted by molar-refractivity contribution is 0.0232. The van der Waals surface area contributed by atoms with Crippen molar-refractivity contribution in [1.82, 2.24) is 0 Å². The molecule has 0 atom stereocenters. The highest BCUT2D eigenvalue weighted by atomic mass is 35.5. The quantitative estimate of drug-likeness (QED) is 0.739. The van der Waals surface area contributed by atoms with Crippen LogP contribution in [-0.2, 0) is 0 Å². The Hall–Kier alpha value is -0.950. The number of para-hydroxylation sites is 1. The van der Waals surface area contributed by atoms with Gasteiger partial charge in [0, 0.05) is 5.56 Å². The van der Waals surface area contributed by atoms with Gasteiger partial charge in [0.2, 0.25) is 0 Å². The van der Waals surface area contributed by atoms with Crippen LogP contribution in [0.5, 0.6) is 5.75 Å². The molecule has 0 unspecified atom stereocenters. The normalized spacial score (nSPS) is 17.7. The van der Waals surface area contributed by atoms with Crippen molar-refractivity contribution in [3.63, 3.8) is 0 Å². The number of ether oxygens (including phenoxy) is 1. The van der Waals surface area contributed by atoms with Gasteiger partial charge in [-0.1, -0.05) is 51.4 Å². The number of hydrogen-bond donors (Lipinski definition) is 0. The number of benzene rings is 1. The summed E-state index contributed by atoms with van der Waals surface area (Å²) in [5.41, 5.74) is 0.692. The Kier molecular flexibility index (Phi) is 3.22. The summed E-state index contributed by atoms with van der Waals surface area (Å²) in [4.78, 5) is 0. The van der Waals surface area contributed by atoms with Gasteiger partial charge in [0.25, 0.3) is 0 Å². The molecular formula is C15H19ClO. The average molecular weight is 251 g/mol. The van der Waals surface area contributed by atoms with Crippen molar-refractivity contribution >= 4 is 16.6 Å². The van der Waals surface area contributed by atoms with Gasteiger partial charge in [0.05, 0.1) is 5.03 Å². The first kappa shape index (κ1) is 12.5. The molecule has 0 aliphatic carbocycles. The Morgan fingerprint density at radius 1 is 1.06 bits per heavy atom. The summed E-state index contributed by atoms with van der Waals surface area (Å²) in [6.07, 6.45) is 2.08. The summed E-state index contributed by atoms with van der Waals surface area (Å²) in [7, 11) is 0. The Labute approximate surface area is 108 Å². The lowest BCUT2D eigenvalue weighted by Crippen LogP contribution is -2.46. The van der Waals surface area contributed by atoms with Crippen molar-refractivity contribution in [3.05, 3.63) is 35.9 Å². The zero-order valence-corrected chi connectivity index (χ0v) is 11.6. The van der Waals surface area contributed by atoms with Crippen molar-refractivity contribution in [2.24, 2.45) is 11.8 Å². The molecule has 1 aromatic rings. The topological polar surface area (TPSA) is 9.23 Å². The monoisotopic (exact) mass is 250 g/mol. The molecule has 1 aromatic carbocycles. The van der Waals surface area contributed by atoms with Gasteiger partial charge in [-0.2, -0.15) is 0 Å². The summed E-state index contributed by atoms with van der Waals surface area (Å²) >= 11 is 6.40. The molecule has 1 heterocycles. The Balaban J connectivity index is 2.54. The number of fused-ring (bicyclic) bond motifs is 1. The third kappa shape index (κ3) is 1.97. The van der Waals surface area contributed by atoms with Crippen molar-refractivity contribution in [1.29, 1.82) is 0 Å². The maximum absolute atomic E-state index is 6.40. The first-order valence-corrected chi connectivity index (χ1v) is 6.52. The van der Waals surface area contributed by atoms with E-state index >= 15 is 0 Å². The van der Waals surface area contributed by atoms with E-state index in [1.54, 1.807) is 0 Å². The van der Waals surface area contributed by atoms with Crippen LogP contribution in [0.3, 0.4) is 0 Å². The molecule has 1 nitrogen and oxygen atoms in total. The zero-order chi connectivity index (χ0) is 12.6. The van der Waals surface area contributed by atoms with Gasteiger partial charge in [-0.15, -0.1) is 0 Å². The van der Waals surface area contributed by atoms with Crippen LogP contribution >= 0.6 is 11.6 Å². The van der Waals surface area contributed by atoms with E-state index in [0.29, 0.717) is 11.8 Å². The molecule has 0 spiro atoms. The zero-order valence-electron chi connectivity index (χ0n) is 10.8. The standard InChI is InChI=1S/C15H19ClO/c1-10(2)15(11(3)4)9-13(16)12-7-5-6-8-14(12)17-15/h5-11H,1-4H3. The smallest absolute Gasteiger partial charge is 0.133 e. The molecule has 1 aliphatic heterocycles. The molecule has 2 heteroatoms. The van der Waals surface area contributed by atoms with Gasteiger partial charge in [0.1, 0.15) is 11.4 Å². The van der Waals surface area contributed by atoms with Crippen LogP contribution in [0.1, 0.15) is 33.3 Å². The van der Waals surface area contributed by atoms with Crippen LogP contribution in [0.2, 0.25) is 0 Å². The molecule has 1 aliphatic rings. The summed E-state index contributed by atoms with van der Waals surface area (Å²) in [5.74, 6) is 1.65. The van der Waals surface area contributed by atoms with Gasteiger partial charge in [0.15, 0.2) is 0 Å². The first-order valence-electron chi connectivity index (χ1n) is 6.14. The number of rotatable bonds is 2. The number of halogens is 1. The van der Waals surface area contributed by atoms with Gasteiger partial charge in [-0.3, -0.25) is 0 Å². The Morgan fingerprint density at radius 3 is 2.24 bits per heavy atom. The molecule has 92 valence electrons. The van der Waals surface area contributed by atoms with Crippen molar-refractivity contribution < 1.29 is 4.74 Å². The van der Waals surface area contributed by atoms with Crippen LogP contribution < -0.4 is 4.74 Å². The number of hydrogen-bond acceptors (Lipinski definition) is 1. The highest BCUT2D eigenvalue weighted by Crippen LogP contribution is 2.44. The molecule has 2 rings (SSSR count). The second-order valence-corrected chi connectivity index (χ2v) is 5.66. The van der Waals surface area contributed by atoms with E-state index in [1.165, 1.54) is 0 Å². The SMILES string of the molecule is CC(C)C1(C(C)C)C=C(Cl)c2ccccc2O1. The molecule has 0 saturated carbocycles. The molecule has 0 radical (unpaired) electrons. The molecule has 0 bridgehead atoms. The van der Waals surface area contributed by atoms with Crippen LogP contribution in [-0.4, -0.2) is 5.60 Å². The van der Waals surface area contributed by atoms with Crippen molar-refractivity contribution in [3.8, 4) is 5.75 Å². The fourth-order valence-electron chi connectivity index (χ4n) is 2.48. The third-order valence-electron chi connectivity index (χ3n) is 3.59. The second kappa shape index (κ2) is 4.38. The Morgan fingerprint density at radius 2 is 1.65 bits per heavy atom. The Bertz CT molecular complexity index is 438. The van der Waals surface area contributed by atoms with Crippen molar-refractivity contribution in [2.75, 3.05) is 0 Å². The molecule has 17 heavy (non-hydrogen) atoms. The van der Waals surface area contributed by atoms with E-state index in [-0.39, 0.29) is 5.60 Å². The minimum atomic E-state index is -0.300. The molecule has 0 N–H and O–H groups in total. The lowest BCUT2D eigenvalue weighted by Gasteiger charge is -2.42. The van der Waals surface area contributed by atoms with Crippen LogP contribution in [0.4, 0.5) is 0 Å². The van der Waals surface area contributed by atoms with Crippen LogP contribution in [0, 0.1) is 11.8 Å². The third-order valence-corrected chi connectivity index (χ3v) is 3.90. The van der Waals surface area contributed by atoms with Gasteiger partial charge < -0.3 is 4.74 Å². The van der Waals surface area contributed by atoms with E-state index in [4.69, 9.17) is 16.3 Å². The van der Waals surface area contributed by atoms with Gasteiger partial charge in [-0.05, 0) is 30.0 Å². The van der Waals surface area contributed by atoms with E-state index < -0.39 is 0 Å². The van der Waals surface area contributed by atoms with Gasteiger partial charge >= 0.3 is 0 Å². The fraction of sp³-hybridized carbons (Fsp3) is 0.467. The highest BCUT2D eigenvalue weighted by Gasteiger charge is 2.41. The van der Waals surface area contributed by atoms with E-state index in [9.17, 15) is 0 Å². The minimum absolute atomic E-state index is 0.300. The molecule has 0 fully saturated rings. The molecule has 0 amide bonds. The fourth-order valence-corrected chi connectivity index (χ4v) is 2.81. The van der Waals surface area contributed by atoms with Crippen molar-refractivity contribution in [2.45, 2.75) is 33.3 Å². The minimum Gasteiger partial charge on any atom is -0.482 e.